The number of esters is 3. The Labute approximate surface area is 469 Å². The summed E-state index contributed by atoms with van der Waals surface area (Å²) in [5, 5.41) is 0. The Kier molecular flexibility index (Phi) is 59.9. The van der Waals surface area contributed by atoms with E-state index in [0.29, 0.717) is 19.3 Å². The molecule has 0 fully saturated rings. The van der Waals surface area contributed by atoms with Crippen LogP contribution in [0.15, 0.2) is 122 Å². The van der Waals surface area contributed by atoms with Crippen molar-refractivity contribution in [2.45, 2.75) is 290 Å². The lowest BCUT2D eigenvalue weighted by atomic mass is 10.1. The Hall–Kier alpha value is -4.19. The van der Waals surface area contributed by atoms with Gasteiger partial charge in [-0.25, -0.2) is 0 Å². The Morgan fingerprint density at radius 2 is 0.526 bits per heavy atom. The molecule has 0 aliphatic carbocycles. The van der Waals surface area contributed by atoms with Crippen molar-refractivity contribution in [2.75, 3.05) is 13.2 Å². The first-order valence-corrected chi connectivity index (χ1v) is 31.5. The summed E-state index contributed by atoms with van der Waals surface area (Å²) >= 11 is 0. The molecule has 0 rings (SSSR count). The van der Waals surface area contributed by atoms with Gasteiger partial charge < -0.3 is 14.2 Å². The van der Waals surface area contributed by atoms with Gasteiger partial charge in [0.1, 0.15) is 13.2 Å². The second-order valence-corrected chi connectivity index (χ2v) is 20.6. The van der Waals surface area contributed by atoms with Gasteiger partial charge in [-0.2, -0.15) is 0 Å². The second-order valence-electron chi connectivity index (χ2n) is 20.6. The third-order valence-corrected chi connectivity index (χ3v) is 13.2. The molecule has 0 aliphatic rings. The van der Waals surface area contributed by atoms with Crippen molar-refractivity contribution in [2.24, 2.45) is 0 Å². The topological polar surface area (TPSA) is 78.9 Å². The molecule has 0 radical (unpaired) electrons. The summed E-state index contributed by atoms with van der Waals surface area (Å²) in [5.74, 6) is -0.934. The van der Waals surface area contributed by atoms with Gasteiger partial charge in [-0.05, 0) is 128 Å². The summed E-state index contributed by atoms with van der Waals surface area (Å²) < 4.78 is 16.9. The fraction of sp³-hybridized carbons (Fsp3) is 0.671. The van der Waals surface area contributed by atoms with Gasteiger partial charge in [0.2, 0.25) is 0 Å². The van der Waals surface area contributed by atoms with E-state index in [1.165, 1.54) is 89.9 Å². The minimum atomic E-state index is -0.803. The van der Waals surface area contributed by atoms with Crippen LogP contribution in [0.3, 0.4) is 0 Å². The molecule has 0 amide bonds. The predicted molar refractivity (Wildman–Crippen MR) is 330 cm³/mol. The summed E-state index contributed by atoms with van der Waals surface area (Å²) in [6, 6.07) is 0. The molecule has 432 valence electrons. The SMILES string of the molecule is CC/C=C\C/C=C\C/C=C\C/C=C\C/C=C\CCCCCCCC(=O)OC(COC(=O)CCCCCCC/C=C\C/C=C\CCCC)COC(=O)CCCCCCCCCC/C=C\C/C=C\C/C=C\CCCCCCC. The number of carbonyl (C=O) groups is 3. The van der Waals surface area contributed by atoms with Gasteiger partial charge in [0.05, 0.1) is 0 Å². The van der Waals surface area contributed by atoms with Crippen LogP contribution in [0.25, 0.3) is 0 Å². The Balaban J connectivity index is 4.44. The number of hydrogen-bond donors (Lipinski definition) is 0. The molecule has 0 aliphatic heterocycles. The van der Waals surface area contributed by atoms with Crippen molar-refractivity contribution in [1.29, 1.82) is 0 Å². The van der Waals surface area contributed by atoms with Gasteiger partial charge in [0.15, 0.2) is 6.10 Å². The first kappa shape index (κ1) is 71.8. The molecule has 6 nitrogen and oxygen atoms in total. The molecule has 0 bridgehead atoms. The minimum absolute atomic E-state index is 0.0971. The highest BCUT2D eigenvalue weighted by Crippen LogP contribution is 2.15. The number of carbonyl (C=O) groups excluding carboxylic acids is 3. The lowest BCUT2D eigenvalue weighted by Gasteiger charge is -2.18. The first-order valence-electron chi connectivity index (χ1n) is 31.5. The van der Waals surface area contributed by atoms with Gasteiger partial charge in [0.25, 0.3) is 0 Å². The van der Waals surface area contributed by atoms with Crippen molar-refractivity contribution in [3.63, 3.8) is 0 Å². The van der Waals surface area contributed by atoms with E-state index < -0.39 is 6.10 Å². The van der Waals surface area contributed by atoms with Gasteiger partial charge in [-0.1, -0.05) is 258 Å². The lowest BCUT2D eigenvalue weighted by molar-refractivity contribution is -0.167. The predicted octanol–water partition coefficient (Wildman–Crippen LogP) is 21.6. The molecule has 0 N–H and O–H groups in total. The van der Waals surface area contributed by atoms with Crippen LogP contribution in [-0.4, -0.2) is 37.2 Å². The maximum absolute atomic E-state index is 12.9. The second kappa shape index (κ2) is 63.3. The number of hydrogen-bond acceptors (Lipinski definition) is 6. The van der Waals surface area contributed by atoms with Crippen molar-refractivity contribution < 1.29 is 28.6 Å². The molecule has 0 saturated carbocycles. The van der Waals surface area contributed by atoms with Gasteiger partial charge in [-0.3, -0.25) is 14.4 Å². The highest BCUT2D eigenvalue weighted by molar-refractivity contribution is 5.71. The van der Waals surface area contributed by atoms with Crippen LogP contribution in [0, 0.1) is 0 Å². The van der Waals surface area contributed by atoms with Crippen molar-refractivity contribution >= 4 is 17.9 Å². The normalized spacial score (nSPS) is 12.9. The quantitative estimate of drug-likeness (QED) is 0.0261. The summed E-state index contributed by atoms with van der Waals surface area (Å²) in [5.41, 5.74) is 0. The maximum Gasteiger partial charge on any atom is 0.306 e. The molecule has 76 heavy (non-hydrogen) atoms. The summed E-state index contributed by atoms with van der Waals surface area (Å²) in [4.78, 5) is 38.3. The Morgan fingerprint density at radius 3 is 0.842 bits per heavy atom. The zero-order valence-electron chi connectivity index (χ0n) is 49.5. The van der Waals surface area contributed by atoms with Crippen LogP contribution in [0.2, 0.25) is 0 Å². The van der Waals surface area contributed by atoms with E-state index in [1.54, 1.807) is 0 Å². The molecular formula is C70H116O6. The molecule has 1 atom stereocenters. The molecule has 0 spiro atoms. The lowest BCUT2D eigenvalue weighted by Crippen LogP contribution is -2.30. The van der Waals surface area contributed by atoms with Gasteiger partial charge >= 0.3 is 17.9 Å². The van der Waals surface area contributed by atoms with E-state index in [1.807, 2.05) is 0 Å². The van der Waals surface area contributed by atoms with Gasteiger partial charge in [-0.15, -0.1) is 0 Å². The molecule has 0 aromatic heterocycles. The molecule has 0 saturated heterocycles. The molecular weight excluding hydrogens is 937 g/mol. The maximum atomic E-state index is 12.9. The minimum Gasteiger partial charge on any atom is -0.462 e. The van der Waals surface area contributed by atoms with Crippen molar-refractivity contribution in [3.05, 3.63) is 122 Å². The molecule has 1 unspecified atom stereocenters. The van der Waals surface area contributed by atoms with E-state index in [-0.39, 0.29) is 31.1 Å². The third-order valence-electron chi connectivity index (χ3n) is 13.2. The largest absolute Gasteiger partial charge is 0.462 e. The fourth-order valence-corrected chi connectivity index (χ4v) is 8.43. The fourth-order valence-electron chi connectivity index (χ4n) is 8.43. The number of unbranched alkanes of at least 4 members (excludes halogenated alkanes) is 25. The molecule has 0 heterocycles. The van der Waals surface area contributed by atoms with Crippen LogP contribution in [0.1, 0.15) is 284 Å². The Bertz CT molecular complexity index is 1590. The number of allylic oxidation sites excluding steroid dienone is 20. The molecule has 6 heteroatoms. The van der Waals surface area contributed by atoms with E-state index in [4.69, 9.17) is 14.2 Å². The zero-order valence-corrected chi connectivity index (χ0v) is 49.5. The highest BCUT2D eigenvalue weighted by Gasteiger charge is 2.19. The summed E-state index contributed by atoms with van der Waals surface area (Å²) in [6.07, 6.45) is 87.6. The van der Waals surface area contributed by atoms with E-state index in [0.717, 1.165) is 154 Å². The standard InChI is InChI=1S/C70H116O6/c1-4-7-10-13-16-19-22-25-28-30-32-34-35-37-38-40-42-45-48-51-54-57-60-63-69(72)75-66-67(65-74-68(71)62-59-56-53-50-47-44-27-24-21-18-15-12-9-6-3)76-70(73)64-61-58-55-52-49-46-43-41-39-36-33-31-29-26-23-20-17-14-11-8-5-2/h8,11,15,17-18,20,22,24-27,29-30,32-33,35-37,41,43,67H,4-7,9-10,12-14,16,19,21,23,28,31,34,38-40,42,44-66H2,1-3H3/b11-8-,18-15-,20-17-,25-22-,27-24-,29-26-,32-30-,36-33-,37-35-,43-41-. The Morgan fingerprint density at radius 1 is 0.276 bits per heavy atom. The monoisotopic (exact) mass is 1050 g/mol. The molecule has 0 aromatic rings. The van der Waals surface area contributed by atoms with Crippen molar-refractivity contribution in [1.82, 2.24) is 0 Å². The number of rotatable bonds is 56. The van der Waals surface area contributed by atoms with Crippen LogP contribution in [0.5, 0.6) is 0 Å². The highest BCUT2D eigenvalue weighted by atomic mass is 16.6. The smallest absolute Gasteiger partial charge is 0.306 e. The molecule has 0 aromatic carbocycles. The average molecular weight is 1050 g/mol. The van der Waals surface area contributed by atoms with E-state index in [9.17, 15) is 14.4 Å². The number of ether oxygens (including phenoxy) is 3. The summed E-state index contributed by atoms with van der Waals surface area (Å²) in [7, 11) is 0. The average Bonchev–Trinajstić information content (AvgIpc) is 3.42. The van der Waals surface area contributed by atoms with Crippen LogP contribution >= 0.6 is 0 Å². The zero-order chi connectivity index (χ0) is 55.0. The third kappa shape index (κ3) is 60.7. The summed E-state index contributed by atoms with van der Waals surface area (Å²) in [6.45, 7) is 6.45. The van der Waals surface area contributed by atoms with E-state index in [2.05, 4.69) is 142 Å². The van der Waals surface area contributed by atoms with E-state index >= 15 is 0 Å². The van der Waals surface area contributed by atoms with Crippen LogP contribution in [0.4, 0.5) is 0 Å². The van der Waals surface area contributed by atoms with Crippen LogP contribution < -0.4 is 0 Å². The first-order chi connectivity index (χ1) is 37.5. The van der Waals surface area contributed by atoms with Crippen LogP contribution in [-0.2, 0) is 28.6 Å². The van der Waals surface area contributed by atoms with Gasteiger partial charge in [0, 0.05) is 19.3 Å². The van der Waals surface area contributed by atoms with Crippen molar-refractivity contribution in [3.8, 4) is 0 Å².